The smallest absolute Gasteiger partial charge is 0.407 e. The highest BCUT2D eigenvalue weighted by molar-refractivity contribution is 7.89. The third-order valence-corrected chi connectivity index (χ3v) is 11.3. The third-order valence-electron chi connectivity index (χ3n) is 7.31. The van der Waals surface area contributed by atoms with Crippen LogP contribution in [0.5, 0.6) is 0 Å². The number of carboxylic acid groups (broad SMARTS) is 1. The molecule has 0 spiro atoms. The van der Waals surface area contributed by atoms with Crippen molar-refractivity contribution in [1.29, 1.82) is 0 Å². The monoisotopic (exact) mass is 528 g/mol. The normalized spacial score (nSPS) is 25.4. The maximum absolute atomic E-state index is 13.3. The first-order valence-corrected chi connectivity index (χ1v) is 14.8. The Kier molecular flexibility index (Phi) is 7.15. The fourth-order valence-electron chi connectivity index (χ4n) is 5.41. The molecule has 3 aliphatic heterocycles. The Morgan fingerprint density at radius 2 is 1.51 bits per heavy atom. The molecule has 1 unspecified atom stereocenters. The molecular formula is C22H32N4O7S2. The third kappa shape index (κ3) is 4.66. The zero-order valence-electron chi connectivity index (χ0n) is 19.9. The molecule has 2 amide bonds. The summed E-state index contributed by atoms with van der Waals surface area (Å²) in [6.45, 7) is 5.09. The summed E-state index contributed by atoms with van der Waals surface area (Å²) in [6.07, 6.45) is 0.751. The Morgan fingerprint density at radius 1 is 0.943 bits per heavy atom. The molecule has 3 heterocycles. The molecule has 3 fully saturated rings. The molecule has 0 radical (unpaired) electrons. The number of sulfonamides is 2. The van der Waals surface area contributed by atoms with Crippen molar-refractivity contribution in [3.8, 4) is 0 Å². The summed E-state index contributed by atoms with van der Waals surface area (Å²) in [5, 5.41) is 9.27. The van der Waals surface area contributed by atoms with Gasteiger partial charge in [0.05, 0.1) is 27.8 Å². The average Bonchev–Trinajstić information content (AvgIpc) is 3.46. The van der Waals surface area contributed by atoms with Gasteiger partial charge in [0.15, 0.2) is 0 Å². The summed E-state index contributed by atoms with van der Waals surface area (Å²) in [5.41, 5.74) is 0. The van der Waals surface area contributed by atoms with Crippen molar-refractivity contribution in [2.75, 3.05) is 39.3 Å². The minimum atomic E-state index is -3.91. The van der Waals surface area contributed by atoms with E-state index >= 15 is 0 Å². The number of hydrogen-bond acceptors (Lipinski definition) is 6. The second-order valence-corrected chi connectivity index (χ2v) is 13.1. The van der Waals surface area contributed by atoms with Crippen molar-refractivity contribution in [2.45, 2.75) is 55.0 Å². The Bertz CT molecular complexity index is 1180. The molecule has 194 valence electrons. The maximum Gasteiger partial charge on any atom is 0.407 e. The van der Waals surface area contributed by atoms with Gasteiger partial charge < -0.3 is 14.9 Å². The summed E-state index contributed by atoms with van der Waals surface area (Å²) < 4.78 is 54.6. The summed E-state index contributed by atoms with van der Waals surface area (Å²) in [7, 11) is -7.60. The van der Waals surface area contributed by atoms with Crippen LogP contribution in [-0.4, -0.2) is 104 Å². The molecule has 1 aromatic carbocycles. The largest absolute Gasteiger partial charge is 0.465 e. The van der Waals surface area contributed by atoms with E-state index in [9.17, 15) is 31.5 Å². The van der Waals surface area contributed by atoms with E-state index in [1.165, 1.54) is 37.8 Å². The van der Waals surface area contributed by atoms with Crippen LogP contribution in [0.4, 0.5) is 4.79 Å². The number of carbonyl (C=O) groups is 2. The van der Waals surface area contributed by atoms with Crippen LogP contribution in [0.15, 0.2) is 34.1 Å². The Morgan fingerprint density at radius 3 is 2.06 bits per heavy atom. The number of nitrogens with zero attached hydrogens (tertiary/aromatic N) is 4. The predicted octanol–water partition coefficient (Wildman–Crippen LogP) is 1.08. The highest BCUT2D eigenvalue weighted by atomic mass is 32.2. The van der Waals surface area contributed by atoms with Gasteiger partial charge in [-0.05, 0) is 43.5 Å². The van der Waals surface area contributed by atoms with Crippen LogP contribution in [0.25, 0.3) is 0 Å². The summed E-state index contributed by atoms with van der Waals surface area (Å²) >= 11 is 0. The number of piperazine rings is 1. The van der Waals surface area contributed by atoms with Crippen molar-refractivity contribution >= 4 is 32.0 Å². The molecule has 0 saturated carbocycles. The molecule has 4 rings (SSSR count). The van der Waals surface area contributed by atoms with Gasteiger partial charge in [-0.25, -0.2) is 21.6 Å². The Balaban J connectivity index is 1.46. The minimum absolute atomic E-state index is 0.0126. The molecule has 13 heteroatoms. The van der Waals surface area contributed by atoms with Crippen molar-refractivity contribution in [2.24, 2.45) is 5.92 Å². The van der Waals surface area contributed by atoms with Gasteiger partial charge >= 0.3 is 6.09 Å². The maximum atomic E-state index is 13.3. The Hall–Kier alpha value is -2.22. The molecule has 3 aliphatic rings. The minimum Gasteiger partial charge on any atom is -0.465 e. The molecule has 35 heavy (non-hydrogen) atoms. The standard InChI is InChI=1S/C22H32N4O7S2/c1-3-23(4-2)34(30,31)19-7-9-20(10-8-19)35(32,33)24-11-5-6-16(13-24)21(27)25-14-18-12-17(25)15-26(18)22(28)29/h7-10,16-18H,3-6,11-15H2,1-2H3,(H,28,29)/t16?,17-,18-/m1/s1. The van der Waals surface area contributed by atoms with Crippen molar-refractivity contribution in [1.82, 2.24) is 18.4 Å². The van der Waals surface area contributed by atoms with Gasteiger partial charge in [0.25, 0.3) is 0 Å². The van der Waals surface area contributed by atoms with Crippen LogP contribution < -0.4 is 0 Å². The molecule has 0 aliphatic carbocycles. The molecule has 11 nitrogen and oxygen atoms in total. The van der Waals surface area contributed by atoms with Crippen LogP contribution >= 0.6 is 0 Å². The summed E-state index contributed by atoms with van der Waals surface area (Å²) in [4.78, 5) is 27.6. The lowest BCUT2D eigenvalue weighted by Crippen LogP contribution is -2.53. The summed E-state index contributed by atoms with van der Waals surface area (Å²) in [6, 6.07) is 4.87. The van der Waals surface area contributed by atoms with Gasteiger partial charge in [0, 0.05) is 39.3 Å². The average molecular weight is 529 g/mol. The molecule has 2 bridgehead atoms. The van der Waals surface area contributed by atoms with E-state index in [2.05, 4.69) is 0 Å². The van der Waals surface area contributed by atoms with Gasteiger partial charge in [-0.1, -0.05) is 13.8 Å². The zero-order chi connectivity index (χ0) is 25.5. The summed E-state index contributed by atoms with van der Waals surface area (Å²) in [5.74, 6) is -0.610. The van der Waals surface area contributed by atoms with E-state index in [1.807, 2.05) is 0 Å². The van der Waals surface area contributed by atoms with Crippen LogP contribution in [0, 0.1) is 5.92 Å². The van der Waals surface area contributed by atoms with Gasteiger partial charge in [0.1, 0.15) is 0 Å². The van der Waals surface area contributed by atoms with E-state index in [1.54, 1.807) is 18.7 Å². The molecule has 3 saturated heterocycles. The number of likely N-dealkylation sites (tertiary alicyclic amines) is 2. The number of benzene rings is 1. The van der Waals surface area contributed by atoms with Gasteiger partial charge in [-0.2, -0.15) is 8.61 Å². The Labute approximate surface area is 206 Å². The van der Waals surface area contributed by atoms with Crippen molar-refractivity contribution in [3.05, 3.63) is 24.3 Å². The van der Waals surface area contributed by atoms with Crippen molar-refractivity contribution in [3.63, 3.8) is 0 Å². The number of amides is 2. The first-order valence-electron chi connectivity index (χ1n) is 11.9. The second kappa shape index (κ2) is 9.68. The van der Waals surface area contributed by atoms with Gasteiger partial charge in [0.2, 0.25) is 26.0 Å². The lowest BCUT2D eigenvalue weighted by atomic mass is 9.97. The number of fused-ring (bicyclic) bond motifs is 2. The van der Waals surface area contributed by atoms with Crippen molar-refractivity contribution < 1.29 is 31.5 Å². The first kappa shape index (κ1) is 25.9. The van der Waals surface area contributed by atoms with Gasteiger partial charge in [-0.3, -0.25) is 4.79 Å². The van der Waals surface area contributed by atoms with E-state index in [0.717, 1.165) is 0 Å². The highest BCUT2D eigenvalue weighted by Crippen LogP contribution is 2.34. The lowest BCUT2D eigenvalue weighted by molar-refractivity contribution is -0.138. The zero-order valence-corrected chi connectivity index (χ0v) is 21.5. The number of hydrogen-bond donors (Lipinski definition) is 1. The molecule has 0 aromatic heterocycles. The van der Waals surface area contributed by atoms with E-state index in [-0.39, 0.29) is 40.9 Å². The van der Waals surface area contributed by atoms with E-state index in [4.69, 9.17) is 0 Å². The number of piperidine rings is 1. The molecule has 1 N–H and O–H groups in total. The first-order chi connectivity index (χ1) is 16.5. The molecular weight excluding hydrogens is 496 g/mol. The SMILES string of the molecule is CCN(CC)S(=O)(=O)c1ccc(S(=O)(=O)N2CCCC(C(=O)N3C[C@H]4C[C@@H]3CN4C(=O)O)C2)cc1. The van der Waals surface area contributed by atoms with E-state index < -0.39 is 32.1 Å². The molecule has 1 aromatic rings. The number of rotatable bonds is 7. The van der Waals surface area contributed by atoms with E-state index in [0.29, 0.717) is 45.4 Å². The van der Waals surface area contributed by atoms with Crippen LogP contribution in [0.2, 0.25) is 0 Å². The number of carbonyl (C=O) groups excluding carboxylic acids is 1. The fraction of sp³-hybridized carbons (Fsp3) is 0.636. The van der Waals surface area contributed by atoms with Crippen LogP contribution in [0.1, 0.15) is 33.1 Å². The van der Waals surface area contributed by atoms with Gasteiger partial charge in [-0.15, -0.1) is 0 Å². The highest BCUT2D eigenvalue weighted by Gasteiger charge is 2.49. The van der Waals surface area contributed by atoms with Crippen LogP contribution in [0.3, 0.4) is 0 Å². The topological polar surface area (TPSA) is 136 Å². The lowest BCUT2D eigenvalue weighted by Gasteiger charge is -2.37. The molecule has 3 atom stereocenters. The van der Waals surface area contributed by atoms with Crippen LogP contribution in [-0.2, 0) is 24.8 Å². The second-order valence-electron chi connectivity index (χ2n) is 9.23. The quantitative estimate of drug-likeness (QED) is 0.559. The predicted molar refractivity (Wildman–Crippen MR) is 127 cm³/mol. The fourth-order valence-corrected chi connectivity index (χ4v) is 8.40.